The molecule has 1 fully saturated rings. The molecular weight excluding hydrogens is 455 g/mol. The Kier molecular flexibility index (Phi) is 9.05. The molecule has 0 unspecified atom stereocenters. The second kappa shape index (κ2) is 12.0. The van der Waals surface area contributed by atoms with Crippen molar-refractivity contribution in [3.63, 3.8) is 0 Å². The molecule has 0 aromatic carbocycles. The Morgan fingerprint density at radius 3 is 2.82 bits per heavy atom. The van der Waals surface area contributed by atoms with Gasteiger partial charge in [0, 0.05) is 38.9 Å². The van der Waals surface area contributed by atoms with Crippen LogP contribution in [0.2, 0.25) is 0 Å². The summed E-state index contributed by atoms with van der Waals surface area (Å²) in [6.45, 7) is 2.62. The van der Waals surface area contributed by atoms with E-state index in [1.54, 1.807) is 4.90 Å². The van der Waals surface area contributed by atoms with E-state index in [1.165, 1.54) is 6.26 Å². The Balaban J connectivity index is 1.60. The molecule has 3 rings (SSSR count). The molecule has 13 heteroatoms. The van der Waals surface area contributed by atoms with Gasteiger partial charge in [-0.25, -0.2) is 4.98 Å². The highest BCUT2D eigenvalue weighted by Crippen LogP contribution is 2.34. The summed E-state index contributed by atoms with van der Waals surface area (Å²) in [4.78, 5) is 27.7. The predicted octanol–water partition coefficient (Wildman–Crippen LogP) is 2.77. The fourth-order valence-corrected chi connectivity index (χ4v) is 3.37. The topological polar surface area (TPSA) is 109 Å². The zero-order chi connectivity index (χ0) is 24.6. The lowest BCUT2D eigenvalue weighted by atomic mass is 10.3. The van der Waals surface area contributed by atoms with Crippen LogP contribution in [0.5, 0.6) is 0 Å². The van der Waals surface area contributed by atoms with Crippen molar-refractivity contribution in [3.8, 4) is 0 Å². The van der Waals surface area contributed by atoms with Gasteiger partial charge >= 0.3 is 6.18 Å². The van der Waals surface area contributed by atoms with Crippen LogP contribution in [0.25, 0.3) is 0 Å². The van der Waals surface area contributed by atoms with Gasteiger partial charge in [0.25, 0.3) is 0 Å². The van der Waals surface area contributed by atoms with Crippen LogP contribution in [0.3, 0.4) is 0 Å². The summed E-state index contributed by atoms with van der Waals surface area (Å²) in [5.41, 5.74) is -0.971. The van der Waals surface area contributed by atoms with E-state index in [0.717, 1.165) is 25.6 Å². The van der Waals surface area contributed by atoms with Gasteiger partial charge < -0.3 is 29.6 Å². The molecule has 2 aromatic rings. The van der Waals surface area contributed by atoms with Crippen molar-refractivity contribution in [2.24, 2.45) is 0 Å². The third-order valence-corrected chi connectivity index (χ3v) is 5.07. The molecule has 1 aliphatic rings. The lowest BCUT2D eigenvalue weighted by Gasteiger charge is -2.20. The van der Waals surface area contributed by atoms with Crippen molar-refractivity contribution < 1.29 is 27.1 Å². The zero-order valence-electron chi connectivity index (χ0n) is 19.3. The van der Waals surface area contributed by atoms with Crippen LogP contribution < -0.4 is 10.6 Å². The quantitative estimate of drug-likeness (QED) is 0.465. The largest absolute Gasteiger partial charge is 0.447 e. The molecule has 0 bridgehead atoms. The highest BCUT2D eigenvalue weighted by atomic mass is 19.4. The average Bonchev–Trinajstić information content (AvgIpc) is 3.10. The molecule has 0 radical (unpaired) electrons. The summed E-state index contributed by atoms with van der Waals surface area (Å²) < 4.78 is 50.9. The Morgan fingerprint density at radius 1 is 1.24 bits per heavy atom. The van der Waals surface area contributed by atoms with Gasteiger partial charge in [-0.05, 0) is 39.9 Å². The third kappa shape index (κ3) is 7.83. The number of rotatable bonds is 11. The Bertz CT molecular complexity index is 937. The second-order valence-corrected chi connectivity index (χ2v) is 8.18. The molecule has 1 saturated heterocycles. The van der Waals surface area contributed by atoms with Crippen LogP contribution in [0.4, 0.5) is 30.8 Å². The number of amides is 1. The summed E-state index contributed by atoms with van der Waals surface area (Å²) in [7, 11) is 3.94. The number of oxazole rings is 1. The minimum Gasteiger partial charge on any atom is -0.447 e. The SMILES string of the molecule is CN(C)CCCc1nc(Nc2ncc(C(F)(F)F)c(NCCCN3CCCOCC3=O)n2)co1. The Morgan fingerprint density at radius 2 is 2.06 bits per heavy atom. The molecule has 2 aromatic heterocycles. The number of ether oxygens (including phenoxy) is 1. The molecule has 0 spiro atoms. The molecule has 188 valence electrons. The number of hydrogen-bond donors (Lipinski definition) is 2. The monoisotopic (exact) mass is 485 g/mol. The summed E-state index contributed by atoms with van der Waals surface area (Å²) in [5.74, 6) is 0.333. The number of carbonyl (C=O) groups excluding carboxylic acids is 1. The van der Waals surface area contributed by atoms with Gasteiger partial charge in [-0.1, -0.05) is 0 Å². The van der Waals surface area contributed by atoms with Gasteiger partial charge in [0.15, 0.2) is 11.7 Å². The first kappa shape index (κ1) is 25.7. The van der Waals surface area contributed by atoms with Crippen LogP contribution in [-0.4, -0.2) is 84.1 Å². The van der Waals surface area contributed by atoms with Gasteiger partial charge in [-0.2, -0.15) is 23.1 Å². The second-order valence-electron chi connectivity index (χ2n) is 8.18. The van der Waals surface area contributed by atoms with E-state index in [4.69, 9.17) is 9.15 Å². The van der Waals surface area contributed by atoms with Gasteiger partial charge in [-0.15, -0.1) is 0 Å². The Hall–Kier alpha value is -2.93. The van der Waals surface area contributed by atoms with Crippen molar-refractivity contribution in [2.75, 3.05) is 64.1 Å². The van der Waals surface area contributed by atoms with E-state index in [1.807, 2.05) is 19.0 Å². The van der Waals surface area contributed by atoms with E-state index in [9.17, 15) is 18.0 Å². The minimum absolute atomic E-state index is 0.0337. The Labute approximate surface area is 195 Å². The van der Waals surface area contributed by atoms with Crippen LogP contribution in [0.15, 0.2) is 16.9 Å². The predicted molar refractivity (Wildman–Crippen MR) is 119 cm³/mol. The van der Waals surface area contributed by atoms with E-state index in [-0.39, 0.29) is 30.8 Å². The molecule has 0 atom stereocenters. The first-order valence-corrected chi connectivity index (χ1v) is 11.1. The van der Waals surface area contributed by atoms with Gasteiger partial charge in [0.05, 0.1) is 0 Å². The van der Waals surface area contributed by atoms with Gasteiger partial charge in [0.1, 0.15) is 24.3 Å². The normalized spacial score (nSPS) is 15.0. The van der Waals surface area contributed by atoms with Crippen LogP contribution >= 0.6 is 0 Å². The molecule has 0 saturated carbocycles. The van der Waals surface area contributed by atoms with E-state index in [2.05, 4.69) is 25.6 Å². The van der Waals surface area contributed by atoms with Gasteiger partial charge in [-0.3, -0.25) is 4.79 Å². The number of hydrogen-bond acceptors (Lipinski definition) is 9. The number of aromatic nitrogens is 3. The number of halogens is 3. The lowest BCUT2D eigenvalue weighted by molar-refractivity contribution is -0.137. The van der Waals surface area contributed by atoms with Crippen molar-refractivity contribution in [1.29, 1.82) is 0 Å². The number of alkyl halides is 3. The number of nitrogens with one attached hydrogen (secondary N) is 2. The van der Waals surface area contributed by atoms with Crippen molar-refractivity contribution in [3.05, 3.63) is 23.9 Å². The maximum Gasteiger partial charge on any atom is 0.421 e. The third-order valence-electron chi connectivity index (χ3n) is 5.07. The van der Waals surface area contributed by atoms with Crippen LogP contribution in [0, 0.1) is 0 Å². The summed E-state index contributed by atoms with van der Waals surface area (Å²) >= 11 is 0. The van der Waals surface area contributed by atoms with Crippen LogP contribution in [0.1, 0.15) is 30.7 Å². The fourth-order valence-electron chi connectivity index (χ4n) is 3.37. The zero-order valence-corrected chi connectivity index (χ0v) is 19.3. The van der Waals surface area contributed by atoms with Crippen molar-refractivity contribution in [2.45, 2.75) is 31.9 Å². The molecule has 1 aliphatic heterocycles. The van der Waals surface area contributed by atoms with Crippen LogP contribution in [-0.2, 0) is 22.1 Å². The smallest absolute Gasteiger partial charge is 0.421 e. The molecule has 2 N–H and O–H groups in total. The molecule has 1 amide bonds. The number of anilines is 3. The van der Waals surface area contributed by atoms with Crippen molar-refractivity contribution in [1.82, 2.24) is 24.8 Å². The average molecular weight is 486 g/mol. The number of aryl methyl sites for hydroxylation is 1. The number of carbonyl (C=O) groups is 1. The fraction of sp³-hybridized carbons (Fsp3) is 0.619. The molecule has 0 aliphatic carbocycles. The maximum absolute atomic E-state index is 13.4. The molecular formula is C21H30F3N7O3. The summed E-state index contributed by atoms with van der Waals surface area (Å²) in [6, 6.07) is 0. The first-order chi connectivity index (χ1) is 16.2. The minimum atomic E-state index is -4.62. The maximum atomic E-state index is 13.4. The molecule has 3 heterocycles. The summed E-state index contributed by atoms with van der Waals surface area (Å²) in [6.07, 6.45) is 0.159. The first-order valence-electron chi connectivity index (χ1n) is 11.1. The lowest BCUT2D eigenvalue weighted by Crippen LogP contribution is -2.34. The van der Waals surface area contributed by atoms with E-state index < -0.39 is 11.7 Å². The van der Waals surface area contributed by atoms with E-state index >= 15 is 0 Å². The number of nitrogens with zero attached hydrogens (tertiary/aromatic N) is 5. The molecule has 10 nitrogen and oxygen atoms in total. The van der Waals surface area contributed by atoms with E-state index in [0.29, 0.717) is 44.2 Å². The van der Waals surface area contributed by atoms with Crippen molar-refractivity contribution >= 4 is 23.5 Å². The summed E-state index contributed by atoms with van der Waals surface area (Å²) in [5, 5.41) is 5.52. The highest BCUT2D eigenvalue weighted by Gasteiger charge is 2.35. The highest BCUT2D eigenvalue weighted by molar-refractivity contribution is 5.77. The standard InChI is InChI=1S/C21H30F3N7O3/c1-30(2)8-3-6-17-27-16(13-34-17)28-20-26-12-15(21(22,23)24)19(29-20)25-7-4-9-31-10-5-11-33-14-18(31)32/h12-13H,3-11,14H2,1-2H3,(H2,25,26,28,29). The van der Waals surface area contributed by atoms with Gasteiger partial charge in [0.2, 0.25) is 11.9 Å². The molecule has 34 heavy (non-hydrogen) atoms.